The zero-order valence-electron chi connectivity index (χ0n) is 12.7. The van der Waals surface area contributed by atoms with Gasteiger partial charge < -0.3 is 4.90 Å². The van der Waals surface area contributed by atoms with E-state index in [1.165, 1.54) is 19.3 Å². The van der Waals surface area contributed by atoms with Gasteiger partial charge in [-0.15, -0.1) is 0 Å². The van der Waals surface area contributed by atoms with E-state index in [4.69, 9.17) is 11.6 Å². The predicted octanol–water partition coefficient (Wildman–Crippen LogP) is 2.72. The van der Waals surface area contributed by atoms with E-state index >= 15 is 0 Å². The molecule has 0 atom stereocenters. The van der Waals surface area contributed by atoms with Crippen molar-refractivity contribution in [2.75, 3.05) is 26.2 Å². The molecule has 0 radical (unpaired) electrons. The van der Waals surface area contributed by atoms with Crippen molar-refractivity contribution in [3.8, 4) is 0 Å². The lowest BCUT2D eigenvalue weighted by atomic mass is 10.1. The van der Waals surface area contributed by atoms with Gasteiger partial charge in [-0.2, -0.15) is 0 Å². The highest BCUT2D eigenvalue weighted by atomic mass is 35.5. The van der Waals surface area contributed by atoms with E-state index in [9.17, 15) is 8.42 Å². The van der Waals surface area contributed by atoms with Crippen molar-refractivity contribution in [3.05, 3.63) is 28.3 Å². The van der Waals surface area contributed by atoms with Crippen LogP contribution in [0, 0.1) is 13.8 Å². The first-order valence-corrected chi connectivity index (χ1v) is 9.25. The number of nitrogens with one attached hydrogen (secondary N) is 1. The van der Waals surface area contributed by atoms with Gasteiger partial charge in [-0.1, -0.05) is 18.0 Å². The van der Waals surface area contributed by atoms with Crippen LogP contribution in [-0.4, -0.2) is 39.5 Å². The van der Waals surface area contributed by atoms with E-state index in [1.54, 1.807) is 19.1 Å². The summed E-state index contributed by atoms with van der Waals surface area (Å²) in [5, 5.41) is 0.597. The third-order valence-corrected chi connectivity index (χ3v) is 5.92. The summed E-state index contributed by atoms with van der Waals surface area (Å²) in [6, 6.07) is 3.34. The molecule has 1 N–H and O–H groups in total. The lowest BCUT2D eigenvalue weighted by Crippen LogP contribution is -2.37. The summed E-state index contributed by atoms with van der Waals surface area (Å²) >= 11 is 6.02. The smallest absolute Gasteiger partial charge is 0.240 e. The number of halogens is 1. The number of nitrogens with zero attached hydrogens (tertiary/aromatic N) is 1. The molecule has 21 heavy (non-hydrogen) atoms. The first kappa shape index (κ1) is 16.7. The molecule has 0 spiro atoms. The number of rotatable bonds is 5. The Kier molecular flexibility index (Phi) is 5.66. The van der Waals surface area contributed by atoms with E-state index in [0.717, 1.165) is 25.2 Å². The van der Waals surface area contributed by atoms with Crippen molar-refractivity contribution < 1.29 is 8.42 Å². The molecular formula is C15H23ClN2O2S. The third kappa shape index (κ3) is 4.42. The number of hydrogen-bond acceptors (Lipinski definition) is 3. The molecule has 0 aromatic heterocycles. The average Bonchev–Trinajstić information content (AvgIpc) is 2.43. The fourth-order valence-electron chi connectivity index (χ4n) is 2.64. The topological polar surface area (TPSA) is 49.4 Å². The third-order valence-electron chi connectivity index (χ3n) is 3.91. The minimum atomic E-state index is -3.47. The van der Waals surface area contributed by atoms with E-state index in [0.29, 0.717) is 22.0 Å². The molecule has 2 rings (SSSR count). The number of piperidine rings is 1. The molecule has 1 aromatic carbocycles. The van der Waals surface area contributed by atoms with Gasteiger partial charge in [0.25, 0.3) is 0 Å². The monoisotopic (exact) mass is 330 g/mol. The van der Waals surface area contributed by atoms with E-state index in [-0.39, 0.29) is 0 Å². The van der Waals surface area contributed by atoms with Crippen LogP contribution in [0.25, 0.3) is 0 Å². The van der Waals surface area contributed by atoms with Crippen LogP contribution in [-0.2, 0) is 10.0 Å². The second-order valence-electron chi connectivity index (χ2n) is 5.67. The Hall–Kier alpha value is -0.620. The fraction of sp³-hybridized carbons (Fsp3) is 0.600. The molecule has 0 amide bonds. The molecule has 1 heterocycles. The van der Waals surface area contributed by atoms with Crippen LogP contribution in [0.15, 0.2) is 17.0 Å². The Morgan fingerprint density at radius 3 is 2.48 bits per heavy atom. The zero-order chi connectivity index (χ0) is 15.5. The Bertz CT molecular complexity index is 596. The second-order valence-corrected chi connectivity index (χ2v) is 7.81. The van der Waals surface area contributed by atoms with Crippen LogP contribution in [0.3, 0.4) is 0 Å². The first-order chi connectivity index (χ1) is 9.90. The number of benzene rings is 1. The molecule has 6 heteroatoms. The minimum absolute atomic E-state index is 0.322. The maximum absolute atomic E-state index is 12.4. The maximum atomic E-state index is 12.4. The predicted molar refractivity (Wildman–Crippen MR) is 86.4 cm³/mol. The normalized spacial score (nSPS) is 17.1. The maximum Gasteiger partial charge on any atom is 0.240 e. The van der Waals surface area contributed by atoms with Gasteiger partial charge in [-0.25, -0.2) is 13.1 Å². The van der Waals surface area contributed by atoms with Gasteiger partial charge in [0.05, 0.1) is 4.90 Å². The van der Waals surface area contributed by atoms with Crippen molar-refractivity contribution in [2.24, 2.45) is 0 Å². The van der Waals surface area contributed by atoms with E-state index in [2.05, 4.69) is 9.62 Å². The summed E-state index contributed by atoms with van der Waals surface area (Å²) in [5.41, 5.74) is 1.45. The molecule has 1 aliphatic rings. The molecular weight excluding hydrogens is 308 g/mol. The van der Waals surface area contributed by atoms with Crippen LogP contribution in [0.1, 0.15) is 30.4 Å². The van der Waals surface area contributed by atoms with Gasteiger partial charge in [-0.3, -0.25) is 0 Å². The Morgan fingerprint density at radius 1 is 1.14 bits per heavy atom. The molecule has 0 aliphatic carbocycles. The van der Waals surface area contributed by atoms with Gasteiger partial charge in [0.15, 0.2) is 0 Å². The lowest BCUT2D eigenvalue weighted by Gasteiger charge is -2.26. The number of sulfonamides is 1. The van der Waals surface area contributed by atoms with Crippen molar-refractivity contribution in [1.29, 1.82) is 0 Å². The Balaban J connectivity index is 1.99. The highest BCUT2D eigenvalue weighted by Crippen LogP contribution is 2.23. The van der Waals surface area contributed by atoms with Crippen LogP contribution in [0.5, 0.6) is 0 Å². The van der Waals surface area contributed by atoms with Gasteiger partial charge in [0, 0.05) is 18.1 Å². The standard InChI is InChI=1S/C15H23ClN2O2S/c1-12-11-15(13(2)10-14(12)16)21(19,20)17-6-9-18-7-4-3-5-8-18/h10-11,17H,3-9H2,1-2H3. The second kappa shape index (κ2) is 7.09. The van der Waals surface area contributed by atoms with Crippen LogP contribution in [0.2, 0.25) is 5.02 Å². The summed E-state index contributed by atoms with van der Waals surface area (Å²) in [5.74, 6) is 0. The summed E-state index contributed by atoms with van der Waals surface area (Å²) < 4.78 is 27.5. The van der Waals surface area contributed by atoms with Crippen molar-refractivity contribution >= 4 is 21.6 Å². The van der Waals surface area contributed by atoms with Crippen LogP contribution < -0.4 is 4.72 Å². The molecule has 1 aliphatic heterocycles. The van der Waals surface area contributed by atoms with Crippen LogP contribution >= 0.6 is 11.6 Å². The van der Waals surface area contributed by atoms with Crippen LogP contribution in [0.4, 0.5) is 0 Å². The summed E-state index contributed by atoms with van der Waals surface area (Å²) in [6.45, 7) is 6.94. The average molecular weight is 331 g/mol. The van der Waals surface area contributed by atoms with E-state index < -0.39 is 10.0 Å². The Labute approximate surface area is 132 Å². The molecule has 1 fully saturated rings. The van der Waals surface area contributed by atoms with Crippen molar-refractivity contribution in [2.45, 2.75) is 38.0 Å². The van der Waals surface area contributed by atoms with Gasteiger partial charge in [0.1, 0.15) is 0 Å². The Morgan fingerprint density at radius 2 is 1.81 bits per heavy atom. The molecule has 1 saturated heterocycles. The lowest BCUT2D eigenvalue weighted by molar-refractivity contribution is 0.233. The number of aryl methyl sites for hydroxylation is 2. The molecule has 118 valence electrons. The molecule has 0 saturated carbocycles. The fourth-order valence-corrected chi connectivity index (χ4v) is 4.19. The quantitative estimate of drug-likeness (QED) is 0.903. The number of likely N-dealkylation sites (tertiary alicyclic amines) is 1. The molecule has 0 bridgehead atoms. The molecule has 1 aromatic rings. The minimum Gasteiger partial charge on any atom is -0.302 e. The summed E-state index contributed by atoms with van der Waals surface area (Å²) in [4.78, 5) is 2.63. The SMILES string of the molecule is Cc1cc(S(=O)(=O)NCCN2CCCCC2)c(C)cc1Cl. The first-order valence-electron chi connectivity index (χ1n) is 7.39. The van der Waals surface area contributed by atoms with Gasteiger partial charge in [-0.05, 0) is 63.0 Å². The van der Waals surface area contributed by atoms with E-state index in [1.807, 2.05) is 6.92 Å². The van der Waals surface area contributed by atoms with Gasteiger partial charge in [0.2, 0.25) is 10.0 Å². The molecule has 0 unspecified atom stereocenters. The zero-order valence-corrected chi connectivity index (χ0v) is 14.2. The number of hydrogen-bond donors (Lipinski definition) is 1. The summed E-state index contributed by atoms with van der Waals surface area (Å²) in [6.07, 6.45) is 3.70. The molecule has 4 nitrogen and oxygen atoms in total. The largest absolute Gasteiger partial charge is 0.302 e. The highest BCUT2D eigenvalue weighted by molar-refractivity contribution is 7.89. The van der Waals surface area contributed by atoms with Gasteiger partial charge >= 0.3 is 0 Å². The van der Waals surface area contributed by atoms with Crippen molar-refractivity contribution in [1.82, 2.24) is 9.62 Å². The summed E-state index contributed by atoms with van der Waals surface area (Å²) in [7, 11) is -3.47. The highest BCUT2D eigenvalue weighted by Gasteiger charge is 2.18. The van der Waals surface area contributed by atoms with Crippen molar-refractivity contribution in [3.63, 3.8) is 0 Å².